The van der Waals surface area contributed by atoms with Crippen LogP contribution in [0, 0.1) is 0 Å². The molecule has 4 nitrogen and oxygen atoms in total. The summed E-state index contributed by atoms with van der Waals surface area (Å²) in [6.45, 7) is 0. The quantitative estimate of drug-likeness (QED) is 0.837. The highest BCUT2D eigenvalue weighted by molar-refractivity contribution is 7.10. The molecule has 122 valence electrons. The molecule has 0 unspecified atom stereocenters. The van der Waals surface area contributed by atoms with Gasteiger partial charge in [0.25, 0.3) is 5.91 Å². The van der Waals surface area contributed by atoms with Crippen molar-refractivity contribution in [1.82, 2.24) is 9.88 Å². The van der Waals surface area contributed by atoms with Gasteiger partial charge in [-0.2, -0.15) is 13.2 Å². The molecule has 1 fully saturated rings. The lowest BCUT2D eigenvalue weighted by Gasteiger charge is -2.15. The second-order valence-electron chi connectivity index (χ2n) is 5.25. The second kappa shape index (κ2) is 5.84. The van der Waals surface area contributed by atoms with Crippen LogP contribution in [0.15, 0.2) is 29.6 Å². The van der Waals surface area contributed by atoms with Crippen LogP contribution < -0.4 is 4.74 Å². The monoisotopic (exact) mass is 342 g/mol. The largest absolute Gasteiger partial charge is 0.438 e. The molecule has 0 spiro atoms. The second-order valence-corrected chi connectivity index (χ2v) is 6.17. The fourth-order valence-electron chi connectivity index (χ4n) is 2.04. The van der Waals surface area contributed by atoms with E-state index in [1.807, 2.05) is 0 Å². The van der Waals surface area contributed by atoms with Gasteiger partial charge in [-0.3, -0.25) is 4.79 Å². The standard InChI is InChI=1S/C15H13F3N2O2S/c1-20(9-5-6-9)14(21)11-3-2-4-13(19-11)22-10-7-12(23-8-10)15(16,17)18/h2-4,7-9H,5-6H2,1H3. The third-order valence-electron chi connectivity index (χ3n) is 3.43. The highest BCUT2D eigenvalue weighted by Crippen LogP contribution is 2.37. The Kier molecular flexibility index (Phi) is 4.01. The van der Waals surface area contributed by atoms with Crippen LogP contribution in [0.3, 0.4) is 0 Å². The molecule has 0 atom stereocenters. The Morgan fingerprint density at radius 1 is 1.39 bits per heavy atom. The van der Waals surface area contributed by atoms with Crippen LogP contribution in [-0.2, 0) is 6.18 Å². The van der Waals surface area contributed by atoms with Crippen molar-refractivity contribution in [2.45, 2.75) is 25.1 Å². The zero-order chi connectivity index (χ0) is 16.6. The summed E-state index contributed by atoms with van der Waals surface area (Å²) in [4.78, 5) is 17.2. The van der Waals surface area contributed by atoms with Crippen molar-refractivity contribution in [2.75, 3.05) is 7.05 Å². The summed E-state index contributed by atoms with van der Waals surface area (Å²) < 4.78 is 43.0. The normalized spacial score (nSPS) is 14.6. The molecule has 1 saturated carbocycles. The van der Waals surface area contributed by atoms with Gasteiger partial charge in [-0.15, -0.1) is 11.3 Å². The summed E-state index contributed by atoms with van der Waals surface area (Å²) in [6.07, 6.45) is -2.44. The minimum absolute atomic E-state index is 0.0509. The molecule has 8 heteroatoms. The number of rotatable bonds is 4. The first kappa shape index (κ1) is 15.8. The van der Waals surface area contributed by atoms with Gasteiger partial charge in [-0.05, 0) is 18.9 Å². The number of amides is 1. The molecule has 2 heterocycles. The number of carbonyl (C=O) groups is 1. The van der Waals surface area contributed by atoms with Gasteiger partial charge >= 0.3 is 6.18 Å². The van der Waals surface area contributed by atoms with Gasteiger partial charge in [0.05, 0.1) is 0 Å². The van der Waals surface area contributed by atoms with E-state index in [1.165, 1.54) is 11.4 Å². The highest BCUT2D eigenvalue weighted by atomic mass is 32.1. The zero-order valence-electron chi connectivity index (χ0n) is 12.1. The SMILES string of the molecule is CN(C(=O)c1cccc(Oc2csc(C(F)(F)F)c2)n1)C1CC1. The van der Waals surface area contributed by atoms with E-state index in [1.54, 1.807) is 24.1 Å². The molecule has 2 aromatic rings. The van der Waals surface area contributed by atoms with Crippen molar-refractivity contribution < 1.29 is 22.7 Å². The van der Waals surface area contributed by atoms with Gasteiger partial charge in [0.1, 0.15) is 16.3 Å². The fraction of sp³-hybridized carbons (Fsp3) is 0.333. The maximum absolute atomic E-state index is 12.6. The molecule has 0 saturated heterocycles. The summed E-state index contributed by atoms with van der Waals surface area (Å²) in [5.74, 6) is -0.0826. The molecule has 0 aromatic carbocycles. The Hall–Kier alpha value is -2.09. The third-order valence-corrected chi connectivity index (χ3v) is 4.39. The first-order chi connectivity index (χ1) is 10.8. The van der Waals surface area contributed by atoms with E-state index in [9.17, 15) is 18.0 Å². The molecule has 1 aliphatic rings. The van der Waals surface area contributed by atoms with Crippen LogP contribution >= 0.6 is 11.3 Å². The molecule has 0 N–H and O–H groups in total. The first-order valence-electron chi connectivity index (χ1n) is 6.92. The molecule has 0 radical (unpaired) electrons. The lowest BCUT2D eigenvalue weighted by atomic mass is 10.3. The van der Waals surface area contributed by atoms with Gasteiger partial charge in [0.2, 0.25) is 5.88 Å². The molecule has 23 heavy (non-hydrogen) atoms. The van der Waals surface area contributed by atoms with Gasteiger partial charge in [0, 0.05) is 30.6 Å². The number of ether oxygens (including phenoxy) is 1. The predicted octanol–water partition coefficient (Wildman–Crippen LogP) is 4.19. The highest BCUT2D eigenvalue weighted by Gasteiger charge is 2.33. The number of hydrogen-bond acceptors (Lipinski definition) is 4. The summed E-state index contributed by atoms with van der Waals surface area (Å²) in [6, 6.07) is 5.81. The Morgan fingerprint density at radius 3 is 2.74 bits per heavy atom. The topological polar surface area (TPSA) is 42.4 Å². The van der Waals surface area contributed by atoms with E-state index in [-0.39, 0.29) is 29.3 Å². The first-order valence-corrected chi connectivity index (χ1v) is 7.80. The zero-order valence-corrected chi connectivity index (χ0v) is 12.9. The Bertz CT molecular complexity index is 726. The maximum atomic E-state index is 12.6. The van der Waals surface area contributed by atoms with Crippen molar-refractivity contribution in [3.63, 3.8) is 0 Å². The summed E-state index contributed by atoms with van der Waals surface area (Å²) in [5, 5.41) is 1.26. The molecule has 1 aliphatic carbocycles. The number of carbonyl (C=O) groups excluding carboxylic acids is 1. The third kappa shape index (κ3) is 3.64. The molecule has 0 aliphatic heterocycles. The maximum Gasteiger partial charge on any atom is 0.425 e. The lowest BCUT2D eigenvalue weighted by molar-refractivity contribution is -0.134. The number of alkyl halides is 3. The number of thiophene rings is 1. The van der Waals surface area contributed by atoms with E-state index in [0.29, 0.717) is 11.3 Å². The van der Waals surface area contributed by atoms with Crippen LogP contribution in [0.1, 0.15) is 28.2 Å². The number of hydrogen-bond donors (Lipinski definition) is 0. The summed E-state index contributed by atoms with van der Waals surface area (Å²) in [5.41, 5.74) is 0.211. The van der Waals surface area contributed by atoms with Crippen molar-refractivity contribution in [3.05, 3.63) is 40.2 Å². The minimum atomic E-state index is -4.40. The summed E-state index contributed by atoms with van der Waals surface area (Å²) in [7, 11) is 1.71. The Morgan fingerprint density at radius 2 is 2.13 bits per heavy atom. The van der Waals surface area contributed by atoms with E-state index in [4.69, 9.17) is 4.74 Å². The summed E-state index contributed by atoms with van der Waals surface area (Å²) >= 11 is 0.550. The van der Waals surface area contributed by atoms with Gasteiger partial charge < -0.3 is 9.64 Å². The molecular weight excluding hydrogens is 329 g/mol. The molecule has 0 bridgehead atoms. The minimum Gasteiger partial charge on any atom is -0.438 e. The molecule has 2 aromatic heterocycles. The van der Waals surface area contributed by atoms with Crippen molar-refractivity contribution in [1.29, 1.82) is 0 Å². The van der Waals surface area contributed by atoms with Gasteiger partial charge in [0.15, 0.2) is 0 Å². The average molecular weight is 342 g/mol. The van der Waals surface area contributed by atoms with Crippen molar-refractivity contribution >= 4 is 17.2 Å². The fourth-order valence-corrected chi connectivity index (χ4v) is 2.72. The van der Waals surface area contributed by atoms with Gasteiger partial charge in [-0.25, -0.2) is 4.98 Å². The van der Waals surface area contributed by atoms with Crippen molar-refractivity contribution in [3.8, 4) is 11.6 Å². The van der Waals surface area contributed by atoms with Crippen LogP contribution in [0.2, 0.25) is 0 Å². The van der Waals surface area contributed by atoms with E-state index < -0.39 is 11.1 Å². The van der Waals surface area contributed by atoms with E-state index >= 15 is 0 Å². The molecule has 1 amide bonds. The Labute approximate surface area is 134 Å². The van der Waals surface area contributed by atoms with Crippen molar-refractivity contribution in [2.24, 2.45) is 0 Å². The molecule has 3 rings (SSSR count). The van der Waals surface area contributed by atoms with E-state index in [2.05, 4.69) is 4.98 Å². The predicted molar refractivity (Wildman–Crippen MR) is 78.7 cm³/mol. The number of pyridine rings is 1. The lowest BCUT2D eigenvalue weighted by Crippen LogP contribution is -2.29. The van der Waals surface area contributed by atoms with E-state index in [0.717, 1.165) is 18.9 Å². The average Bonchev–Trinajstić information content (AvgIpc) is 3.24. The number of aromatic nitrogens is 1. The van der Waals surface area contributed by atoms with Crippen LogP contribution in [0.5, 0.6) is 11.6 Å². The molecular formula is C15H13F3N2O2S. The van der Waals surface area contributed by atoms with Crippen LogP contribution in [-0.4, -0.2) is 28.9 Å². The van der Waals surface area contributed by atoms with Crippen LogP contribution in [0.25, 0.3) is 0 Å². The number of nitrogens with zero attached hydrogens (tertiary/aromatic N) is 2. The Balaban J connectivity index is 1.75. The van der Waals surface area contributed by atoms with Gasteiger partial charge in [-0.1, -0.05) is 6.07 Å². The smallest absolute Gasteiger partial charge is 0.425 e. The van der Waals surface area contributed by atoms with Crippen LogP contribution in [0.4, 0.5) is 13.2 Å². The number of halogens is 3.